The molecule has 0 saturated carbocycles. The first-order chi connectivity index (χ1) is 11.9. The first kappa shape index (κ1) is 17.7. The van der Waals surface area contributed by atoms with Gasteiger partial charge in [0.05, 0.1) is 5.69 Å². The first-order valence-electron chi connectivity index (χ1n) is 8.86. The van der Waals surface area contributed by atoms with E-state index >= 15 is 0 Å². The molecule has 0 radical (unpaired) electrons. The fourth-order valence-corrected chi connectivity index (χ4v) is 3.11. The lowest BCUT2D eigenvalue weighted by molar-refractivity contribution is 0.245. The summed E-state index contributed by atoms with van der Waals surface area (Å²) in [5.41, 5.74) is 2.07. The van der Waals surface area contributed by atoms with Crippen molar-refractivity contribution in [2.75, 3.05) is 50.1 Å². The van der Waals surface area contributed by atoms with Gasteiger partial charge in [0.2, 0.25) is 5.95 Å². The fraction of sp³-hybridized carbons (Fsp3) is 0.611. The molecule has 1 fully saturated rings. The standard InChI is InChI=1S/C18H28N6O/c1-13(2)17-15(19-12-25-17)11-23-6-8-24(9-7-23)16-10-14(3)20-18(21-16)22(4)5/h10,12-13H,6-9,11H2,1-5H3. The monoisotopic (exact) mass is 344 g/mol. The van der Waals surface area contributed by atoms with Crippen LogP contribution >= 0.6 is 0 Å². The summed E-state index contributed by atoms with van der Waals surface area (Å²) in [7, 11) is 3.95. The van der Waals surface area contributed by atoms with E-state index < -0.39 is 0 Å². The molecule has 0 unspecified atom stereocenters. The van der Waals surface area contributed by atoms with Crippen LogP contribution in [0.5, 0.6) is 0 Å². The van der Waals surface area contributed by atoms with Gasteiger partial charge in [-0.1, -0.05) is 13.8 Å². The van der Waals surface area contributed by atoms with Crippen molar-refractivity contribution in [3.63, 3.8) is 0 Å². The number of hydrogen-bond donors (Lipinski definition) is 0. The molecule has 0 N–H and O–H groups in total. The molecule has 0 atom stereocenters. The highest BCUT2D eigenvalue weighted by Crippen LogP contribution is 2.22. The zero-order valence-corrected chi connectivity index (χ0v) is 15.9. The maximum atomic E-state index is 5.54. The highest BCUT2D eigenvalue weighted by molar-refractivity contribution is 5.45. The van der Waals surface area contributed by atoms with E-state index in [2.05, 4.69) is 44.7 Å². The zero-order chi connectivity index (χ0) is 18.0. The van der Waals surface area contributed by atoms with Gasteiger partial charge in [-0.2, -0.15) is 4.98 Å². The second kappa shape index (κ2) is 7.39. The summed E-state index contributed by atoms with van der Waals surface area (Å²) < 4.78 is 5.54. The molecule has 1 aliphatic heterocycles. The predicted octanol–water partition coefficient (Wildman–Crippen LogP) is 2.28. The number of rotatable bonds is 5. The van der Waals surface area contributed by atoms with E-state index in [1.165, 1.54) is 0 Å². The van der Waals surface area contributed by atoms with Crippen LogP contribution in [0.25, 0.3) is 0 Å². The van der Waals surface area contributed by atoms with Crippen LogP contribution in [0.2, 0.25) is 0 Å². The Bertz CT molecular complexity index is 703. The SMILES string of the molecule is Cc1cc(N2CCN(Cc3ncoc3C(C)C)CC2)nc(N(C)C)n1. The van der Waals surface area contributed by atoms with E-state index in [9.17, 15) is 0 Å². The smallest absolute Gasteiger partial charge is 0.226 e. The molecule has 136 valence electrons. The van der Waals surface area contributed by atoms with Crippen molar-refractivity contribution in [1.82, 2.24) is 19.9 Å². The molecule has 1 aliphatic rings. The average Bonchev–Trinajstić information content (AvgIpc) is 3.03. The summed E-state index contributed by atoms with van der Waals surface area (Å²) in [4.78, 5) is 20.3. The molecule has 0 spiro atoms. The number of anilines is 2. The van der Waals surface area contributed by atoms with Gasteiger partial charge >= 0.3 is 0 Å². The third-order valence-corrected chi connectivity index (χ3v) is 4.50. The van der Waals surface area contributed by atoms with Crippen LogP contribution in [-0.4, -0.2) is 60.1 Å². The van der Waals surface area contributed by atoms with Gasteiger partial charge < -0.3 is 14.2 Å². The Morgan fingerprint density at radius 3 is 2.52 bits per heavy atom. The van der Waals surface area contributed by atoms with Crippen LogP contribution in [0.15, 0.2) is 16.9 Å². The summed E-state index contributed by atoms with van der Waals surface area (Å²) in [6.45, 7) is 11.0. The summed E-state index contributed by atoms with van der Waals surface area (Å²) in [6.07, 6.45) is 1.56. The number of nitrogens with zero attached hydrogens (tertiary/aromatic N) is 6. The van der Waals surface area contributed by atoms with Gasteiger partial charge in [-0.05, 0) is 6.92 Å². The Morgan fingerprint density at radius 2 is 1.88 bits per heavy atom. The molecule has 1 saturated heterocycles. The van der Waals surface area contributed by atoms with E-state index in [0.29, 0.717) is 5.92 Å². The lowest BCUT2D eigenvalue weighted by atomic mass is 10.1. The minimum atomic E-state index is 0.368. The van der Waals surface area contributed by atoms with Gasteiger partial charge in [0.15, 0.2) is 6.39 Å². The molecule has 25 heavy (non-hydrogen) atoms. The average molecular weight is 344 g/mol. The zero-order valence-electron chi connectivity index (χ0n) is 15.9. The second-order valence-corrected chi connectivity index (χ2v) is 7.14. The second-order valence-electron chi connectivity index (χ2n) is 7.14. The highest BCUT2D eigenvalue weighted by atomic mass is 16.3. The van der Waals surface area contributed by atoms with Crippen molar-refractivity contribution in [3.05, 3.63) is 29.6 Å². The maximum Gasteiger partial charge on any atom is 0.226 e. The molecule has 7 heteroatoms. The van der Waals surface area contributed by atoms with Crippen LogP contribution in [-0.2, 0) is 6.54 Å². The third kappa shape index (κ3) is 4.10. The van der Waals surface area contributed by atoms with E-state index in [1.807, 2.05) is 25.9 Å². The van der Waals surface area contributed by atoms with Crippen molar-refractivity contribution in [2.45, 2.75) is 33.2 Å². The van der Waals surface area contributed by atoms with E-state index in [-0.39, 0.29) is 0 Å². The lowest BCUT2D eigenvalue weighted by Gasteiger charge is -2.35. The largest absolute Gasteiger partial charge is 0.448 e. The molecule has 7 nitrogen and oxygen atoms in total. The molecular weight excluding hydrogens is 316 g/mol. The number of oxazole rings is 1. The molecule has 0 aliphatic carbocycles. The molecule has 0 bridgehead atoms. The Labute approximate surface area is 149 Å². The van der Waals surface area contributed by atoms with Crippen LogP contribution in [0, 0.1) is 6.92 Å². The van der Waals surface area contributed by atoms with Gasteiger partial charge in [0.25, 0.3) is 0 Å². The number of hydrogen-bond acceptors (Lipinski definition) is 7. The van der Waals surface area contributed by atoms with Crippen molar-refractivity contribution in [2.24, 2.45) is 0 Å². The Kier molecular flexibility index (Phi) is 5.22. The van der Waals surface area contributed by atoms with Gasteiger partial charge in [0, 0.05) is 64.5 Å². The summed E-state index contributed by atoms with van der Waals surface area (Å²) in [6, 6.07) is 2.07. The summed E-state index contributed by atoms with van der Waals surface area (Å²) >= 11 is 0. The topological polar surface area (TPSA) is 61.5 Å². The Balaban J connectivity index is 1.63. The molecule has 0 amide bonds. The minimum Gasteiger partial charge on any atom is -0.448 e. The van der Waals surface area contributed by atoms with E-state index in [4.69, 9.17) is 4.42 Å². The van der Waals surface area contributed by atoms with Crippen molar-refractivity contribution < 1.29 is 4.42 Å². The normalized spacial score (nSPS) is 15.8. The van der Waals surface area contributed by atoms with Crippen LogP contribution in [0.3, 0.4) is 0 Å². The van der Waals surface area contributed by atoms with Gasteiger partial charge in [-0.25, -0.2) is 9.97 Å². The maximum absolute atomic E-state index is 5.54. The number of aromatic nitrogens is 3. The number of piperazine rings is 1. The fourth-order valence-electron chi connectivity index (χ4n) is 3.11. The molecule has 0 aromatic carbocycles. The van der Waals surface area contributed by atoms with Gasteiger partial charge in [0.1, 0.15) is 11.6 Å². The van der Waals surface area contributed by atoms with E-state index in [0.717, 1.165) is 61.6 Å². The lowest BCUT2D eigenvalue weighted by Crippen LogP contribution is -2.46. The molecular formula is C18H28N6O. The minimum absolute atomic E-state index is 0.368. The Morgan fingerprint density at radius 1 is 1.16 bits per heavy atom. The summed E-state index contributed by atoms with van der Waals surface area (Å²) in [5, 5.41) is 0. The molecule has 2 aromatic heterocycles. The molecule has 3 rings (SSSR count). The van der Waals surface area contributed by atoms with Gasteiger partial charge in [-0.3, -0.25) is 4.90 Å². The number of aryl methyl sites for hydroxylation is 1. The molecule has 3 heterocycles. The quantitative estimate of drug-likeness (QED) is 0.824. The van der Waals surface area contributed by atoms with Crippen LogP contribution in [0.4, 0.5) is 11.8 Å². The summed E-state index contributed by atoms with van der Waals surface area (Å²) in [5.74, 6) is 3.15. The van der Waals surface area contributed by atoms with Crippen LogP contribution in [0.1, 0.15) is 36.9 Å². The molecule has 2 aromatic rings. The van der Waals surface area contributed by atoms with Crippen molar-refractivity contribution in [1.29, 1.82) is 0 Å². The van der Waals surface area contributed by atoms with Gasteiger partial charge in [-0.15, -0.1) is 0 Å². The van der Waals surface area contributed by atoms with Crippen molar-refractivity contribution >= 4 is 11.8 Å². The third-order valence-electron chi connectivity index (χ3n) is 4.50. The van der Waals surface area contributed by atoms with Crippen molar-refractivity contribution in [3.8, 4) is 0 Å². The first-order valence-corrected chi connectivity index (χ1v) is 8.86. The Hall–Kier alpha value is -2.15. The predicted molar refractivity (Wildman–Crippen MR) is 99.2 cm³/mol. The highest BCUT2D eigenvalue weighted by Gasteiger charge is 2.22. The van der Waals surface area contributed by atoms with Crippen LogP contribution < -0.4 is 9.80 Å². The van der Waals surface area contributed by atoms with E-state index in [1.54, 1.807) is 6.39 Å².